The summed E-state index contributed by atoms with van der Waals surface area (Å²) in [6, 6.07) is 0. The lowest BCUT2D eigenvalue weighted by Gasteiger charge is -2.30. The van der Waals surface area contributed by atoms with Gasteiger partial charge in [-0.1, -0.05) is 26.8 Å². The van der Waals surface area contributed by atoms with Crippen molar-refractivity contribution >= 4 is 5.78 Å². The largest absolute Gasteiger partial charge is 0.294 e. The Kier molecular flexibility index (Phi) is 3.29. The second-order valence-corrected chi connectivity index (χ2v) is 4.44. The molecule has 0 aliphatic heterocycles. The molecule has 0 spiro atoms. The van der Waals surface area contributed by atoms with Crippen molar-refractivity contribution < 1.29 is 4.79 Å². The Morgan fingerprint density at radius 2 is 2.00 bits per heavy atom. The molecule has 0 amide bonds. The summed E-state index contributed by atoms with van der Waals surface area (Å²) in [5, 5.41) is 0. The molecule has 1 rings (SSSR count). The number of ketones is 1. The van der Waals surface area contributed by atoms with Gasteiger partial charge in [0, 0.05) is 5.92 Å². The second-order valence-electron chi connectivity index (χ2n) is 4.44. The molecule has 0 saturated heterocycles. The summed E-state index contributed by atoms with van der Waals surface area (Å²) >= 11 is 0. The number of hydrogen-bond donors (Lipinski definition) is 0. The molecule has 0 aromatic heterocycles. The molecule has 2 unspecified atom stereocenters. The first-order valence-electron chi connectivity index (χ1n) is 5.28. The molecule has 1 aliphatic carbocycles. The number of Topliss-reactive ketones (excluding diaryl/α,β-unsaturated/α-hetero) is 1. The third kappa shape index (κ3) is 2.01. The van der Waals surface area contributed by atoms with Crippen molar-refractivity contribution in [1.29, 1.82) is 0 Å². The number of carbonyl (C=O) groups excluding carboxylic acids is 1. The van der Waals surface area contributed by atoms with Crippen molar-refractivity contribution in [3.05, 3.63) is 11.6 Å². The van der Waals surface area contributed by atoms with Crippen molar-refractivity contribution in [3.8, 4) is 0 Å². The standard InChI is InChI=1S/C12H20O/c1-5-10-9(4)6-7-11(8(2)3)12(10)13/h5,8-9,11H,6-7H2,1-4H3/b10-5-. The van der Waals surface area contributed by atoms with Crippen molar-refractivity contribution in [2.45, 2.75) is 40.5 Å². The number of rotatable bonds is 1. The van der Waals surface area contributed by atoms with Gasteiger partial charge in [-0.15, -0.1) is 0 Å². The van der Waals surface area contributed by atoms with Gasteiger partial charge in [-0.2, -0.15) is 0 Å². The molecule has 1 saturated carbocycles. The number of hydrogen-bond acceptors (Lipinski definition) is 1. The summed E-state index contributed by atoms with van der Waals surface area (Å²) in [6.45, 7) is 8.42. The van der Waals surface area contributed by atoms with Gasteiger partial charge in [0.2, 0.25) is 0 Å². The molecule has 1 nitrogen and oxygen atoms in total. The third-order valence-corrected chi connectivity index (χ3v) is 3.18. The van der Waals surface area contributed by atoms with Crippen LogP contribution in [0.3, 0.4) is 0 Å². The number of carbonyl (C=O) groups is 1. The Labute approximate surface area is 81.2 Å². The molecule has 0 radical (unpaired) electrons. The highest BCUT2D eigenvalue weighted by molar-refractivity contribution is 5.98. The Morgan fingerprint density at radius 1 is 1.38 bits per heavy atom. The molecule has 1 heteroatoms. The Balaban J connectivity index is 2.82. The maximum atomic E-state index is 11.9. The van der Waals surface area contributed by atoms with E-state index < -0.39 is 0 Å². The zero-order valence-electron chi connectivity index (χ0n) is 9.13. The zero-order valence-corrected chi connectivity index (χ0v) is 9.13. The van der Waals surface area contributed by atoms with E-state index in [2.05, 4.69) is 20.8 Å². The second kappa shape index (κ2) is 4.08. The summed E-state index contributed by atoms with van der Waals surface area (Å²) in [7, 11) is 0. The van der Waals surface area contributed by atoms with E-state index >= 15 is 0 Å². The monoisotopic (exact) mass is 180 g/mol. The van der Waals surface area contributed by atoms with E-state index in [-0.39, 0.29) is 5.92 Å². The van der Waals surface area contributed by atoms with E-state index in [4.69, 9.17) is 0 Å². The quantitative estimate of drug-likeness (QED) is 0.566. The van der Waals surface area contributed by atoms with Crippen LogP contribution < -0.4 is 0 Å². The van der Waals surface area contributed by atoms with Crippen LogP contribution in [0.1, 0.15) is 40.5 Å². The van der Waals surface area contributed by atoms with Gasteiger partial charge < -0.3 is 0 Å². The fourth-order valence-electron chi connectivity index (χ4n) is 2.24. The minimum atomic E-state index is 0.280. The van der Waals surface area contributed by atoms with Gasteiger partial charge in [0.1, 0.15) is 0 Å². The van der Waals surface area contributed by atoms with Crippen LogP contribution >= 0.6 is 0 Å². The molecule has 74 valence electrons. The molecule has 1 fully saturated rings. The van der Waals surface area contributed by atoms with E-state index in [1.165, 1.54) is 6.42 Å². The molecule has 2 atom stereocenters. The van der Waals surface area contributed by atoms with Crippen LogP contribution in [0.4, 0.5) is 0 Å². The van der Waals surface area contributed by atoms with Crippen LogP contribution in [-0.2, 0) is 4.79 Å². The molecular weight excluding hydrogens is 160 g/mol. The van der Waals surface area contributed by atoms with E-state index in [9.17, 15) is 4.79 Å². The Morgan fingerprint density at radius 3 is 2.46 bits per heavy atom. The summed E-state index contributed by atoms with van der Waals surface area (Å²) in [5.74, 6) is 1.65. The van der Waals surface area contributed by atoms with Gasteiger partial charge in [0.25, 0.3) is 0 Å². The third-order valence-electron chi connectivity index (χ3n) is 3.18. The molecule has 1 aliphatic rings. The normalized spacial score (nSPS) is 33.0. The average molecular weight is 180 g/mol. The van der Waals surface area contributed by atoms with E-state index in [0.717, 1.165) is 12.0 Å². The predicted octanol–water partition coefficient (Wildman–Crippen LogP) is 3.20. The van der Waals surface area contributed by atoms with Gasteiger partial charge in [-0.3, -0.25) is 4.79 Å². The van der Waals surface area contributed by atoms with Crippen LogP contribution in [0.2, 0.25) is 0 Å². The SMILES string of the molecule is C/C=C1\C(=O)C(C(C)C)CCC1C. The van der Waals surface area contributed by atoms with Gasteiger partial charge in [0.15, 0.2) is 5.78 Å². The zero-order chi connectivity index (χ0) is 10.0. The molecule has 0 aromatic rings. The van der Waals surface area contributed by atoms with Crippen LogP contribution in [0, 0.1) is 17.8 Å². The first-order chi connectivity index (χ1) is 6.07. The highest BCUT2D eigenvalue weighted by atomic mass is 16.1. The van der Waals surface area contributed by atoms with Crippen molar-refractivity contribution in [2.75, 3.05) is 0 Å². The van der Waals surface area contributed by atoms with Gasteiger partial charge in [-0.05, 0) is 37.2 Å². The molecule has 0 aromatic carbocycles. The minimum Gasteiger partial charge on any atom is -0.294 e. The fourth-order valence-corrected chi connectivity index (χ4v) is 2.24. The minimum absolute atomic E-state index is 0.280. The average Bonchev–Trinajstić information content (AvgIpc) is 2.04. The fraction of sp³-hybridized carbons (Fsp3) is 0.750. The van der Waals surface area contributed by atoms with Crippen molar-refractivity contribution in [1.82, 2.24) is 0 Å². The number of allylic oxidation sites excluding steroid dienone is 2. The van der Waals surface area contributed by atoms with Gasteiger partial charge in [0.05, 0.1) is 0 Å². The van der Waals surface area contributed by atoms with E-state index in [1.807, 2.05) is 13.0 Å². The van der Waals surface area contributed by atoms with Crippen LogP contribution in [0.25, 0.3) is 0 Å². The van der Waals surface area contributed by atoms with Crippen LogP contribution in [0.15, 0.2) is 11.6 Å². The molecule has 0 N–H and O–H groups in total. The molecule has 0 bridgehead atoms. The lowest BCUT2D eigenvalue weighted by Crippen LogP contribution is -2.29. The topological polar surface area (TPSA) is 17.1 Å². The summed E-state index contributed by atoms with van der Waals surface area (Å²) < 4.78 is 0. The smallest absolute Gasteiger partial charge is 0.162 e. The highest BCUT2D eigenvalue weighted by Crippen LogP contribution is 2.33. The maximum Gasteiger partial charge on any atom is 0.162 e. The summed E-state index contributed by atoms with van der Waals surface area (Å²) in [5.41, 5.74) is 1.06. The Bertz CT molecular complexity index is 225. The maximum absolute atomic E-state index is 11.9. The lowest BCUT2D eigenvalue weighted by atomic mass is 9.73. The lowest BCUT2D eigenvalue weighted by molar-refractivity contribution is -0.122. The first kappa shape index (κ1) is 10.5. The predicted molar refractivity (Wildman–Crippen MR) is 55.5 cm³/mol. The Hall–Kier alpha value is -0.590. The van der Waals surface area contributed by atoms with Crippen LogP contribution in [0.5, 0.6) is 0 Å². The first-order valence-corrected chi connectivity index (χ1v) is 5.28. The molecule has 0 heterocycles. The van der Waals surface area contributed by atoms with E-state index in [0.29, 0.717) is 17.6 Å². The summed E-state index contributed by atoms with van der Waals surface area (Å²) in [6.07, 6.45) is 4.25. The molecule has 13 heavy (non-hydrogen) atoms. The van der Waals surface area contributed by atoms with Gasteiger partial charge >= 0.3 is 0 Å². The van der Waals surface area contributed by atoms with E-state index in [1.54, 1.807) is 0 Å². The molecular formula is C12H20O. The van der Waals surface area contributed by atoms with Crippen molar-refractivity contribution in [2.24, 2.45) is 17.8 Å². The van der Waals surface area contributed by atoms with Crippen LogP contribution in [-0.4, -0.2) is 5.78 Å². The van der Waals surface area contributed by atoms with Crippen molar-refractivity contribution in [3.63, 3.8) is 0 Å². The summed E-state index contributed by atoms with van der Waals surface area (Å²) in [4.78, 5) is 11.9. The highest BCUT2D eigenvalue weighted by Gasteiger charge is 2.31. The van der Waals surface area contributed by atoms with Gasteiger partial charge in [-0.25, -0.2) is 0 Å².